The lowest BCUT2D eigenvalue weighted by Gasteiger charge is -2.23. The molecule has 1 unspecified atom stereocenters. The zero-order valence-corrected chi connectivity index (χ0v) is 22.7. The van der Waals surface area contributed by atoms with Crippen molar-refractivity contribution in [3.05, 3.63) is 98.4 Å². The van der Waals surface area contributed by atoms with Crippen molar-refractivity contribution in [2.45, 2.75) is 19.6 Å². The van der Waals surface area contributed by atoms with Gasteiger partial charge >= 0.3 is 5.97 Å². The Balaban J connectivity index is 1.60. The number of thioether (sulfide) groups is 1. The number of hydrogen-bond acceptors (Lipinski definition) is 6. The lowest BCUT2D eigenvalue weighted by atomic mass is 10.1. The summed E-state index contributed by atoms with van der Waals surface area (Å²) in [6.45, 7) is 2.39. The van der Waals surface area contributed by atoms with Crippen LogP contribution in [0.1, 0.15) is 28.3 Å². The number of hydrogen-bond donors (Lipinski definition) is 1. The van der Waals surface area contributed by atoms with Gasteiger partial charge in [0, 0.05) is 0 Å². The zero-order chi connectivity index (χ0) is 25.8. The summed E-state index contributed by atoms with van der Waals surface area (Å²) in [5.74, 6) is -0.584. The number of carboxylic acid groups (broad SMARTS) is 1. The number of carbonyl (C=O) groups is 2. The minimum absolute atomic E-state index is 0.187. The Bertz CT molecular complexity index is 1360. The Kier molecular flexibility index (Phi) is 8.13. The second-order valence-corrected chi connectivity index (χ2v) is 10.5. The summed E-state index contributed by atoms with van der Waals surface area (Å²) >= 11 is 10.0. The number of aryl methyl sites for hydroxylation is 1. The van der Waals surface area contributed by atoms with Crippen molar-refractivity contribution in [1.29, 1.82) is 0 Å². The summed E-state index contributed by atoms with van der Waals surface area (Å²) in [6, 6.07) is 19.0. The summed E-state index contributed by atoms with van der Waals surface area (Å²) < 4.78 is 12.4. The van der Waals surface area contributed by atoms with Crippen LogP contribution < -0.4 is 9.47 Å². The average molecular weight is 585 g/mol. The predicted octanol–water partition coefficient (Wildman–Crippen LogP) is 6.37. The SMILES string of the molecule is COc1cc(/C=C2/SC(=S)N(C(C(=O)O)c3ccccc3)C2=O)cc(Br)c1OCc1cccc(C)c1. The Morgan fingerprint density at radius 1 is 1.17 bits per heavy atom. The molecule has 0 spiro atoms. The van der Waals surface area contributed by atoms with Crippen molar-refractivity contribution in [2.75, 3.05) is 7.11 Å². The normalized spacial score (nSPS) is 15.3. The zero-order valence-electron chi connectivity index (χ0n) is 19.4. The predicted molar refractivity (Wildman–Crippen MR) is 148 cm³/mol. The first kappa shape index (κ1) is 25.9. The van der Waals surface area contributed by atoms with Crippen LogP contribution in [0.15, 0.2) is 76.1 Å². The first-order chi connectivity index (χ1) is 17.3. The first-order valence-corrected chi connectivity index (χ1v) is 12.9. The minimum atomic E-state index is -1.21. The van der Waals surface area contributed by atoms with E-state index in [1.165, 1.54) is 0 Å². The molecule has 1 fully saturated rings. The molecule has 1 N–H and O–H groups in total. The largest absolute Gasteiger partial charge is 0.493 e. The molecule has 1 atom stereocenters. The molecule has 0 saturated carbocycles. The number of thiocarbonyl (C=S) groups is 1. The number of ether oxygens (including phenoxy) is 2. The average Bonchev–Trinajstić information content (AvgIpc) is 3.11. The van der Waals surface area contributed by atoms with Gasteiger partial charge in [-0.2, -0.15) is 0 Å². The third kappa shape index (κ3) is 5.64. The maximum Gasteiger partial charge on any atom is 0.331 e. The molecule has 1 amide bonds. The third-order valence-electron chi connectivity index (χ3n) is 5.45. The maximum absolute atomic E-state index is 13.3. The molecule has 9 heteroatoms. The van der Waals surface area contributed by atoms with E-state index in [9.17, 15) is 14.7 Å². The van der Waals surface area contributed by atoms with E-state index in [2.05, 4.69) is 22.0 Å². The van der Waals surface area contributed by atoms with Gasteiger partial charge < -0.3 is 14.6 Å². The minimum Gasteiger partial charge on any atom is -0.493 e. The molecule has 1 aliphatic heterocycles. The van der Waals surface area contributed by atoms with Crippen molar-refractivity contribution >= 4 is 62.2 Å². The van der Waals surface area contributed by atoms with E-state index in [1.807, 2.05) is 31.2 Å². The molecule has 1 aliphatic rings. The van der Waals surface area contributed by atoms with Crippen molar-refractivity contribution < 1.29 is 24.2 Å². The van der Waals surface area contributed by atoms with Crippen LogP contribution in [0, 0.1) is 6.92 Å². The van der Waals surface area contributed by atoms with Gasteiger partial charge in [0.2, 0.25) is 0 Å². The van der Waals surface area contributed by atoms with Crippen LogP contribution in [-0.2, 0) is 16.2 Å². The van der Waals surface area contributed by atoms with E-state index >= 15 is 0 Å². The molecule has 184 valence electrons. The quantitative estimate of drug-likeness (QED) is 0.244. The summed E-state index contributed by atoms with van der Waals surface area (Å²) in [4.78, 5) is 26.8. The van der Waals surface area contributed by atoms with Crippen LogP contribution in [0.5, 0.6) is 11.5 Å². The Morgan fingerprint density at radius 2 is 1.92 bits per heavy atom. The lowest BCUT2D eigenvalue weighted by molar-refractivity contribution is -0.145. The fraction of sp³-hybridized carbons (Fsp3) is 0.148. The Morgan fingerprint density at radius 3 is 2.58 bits per heavy atom. The van der Waals surface area contributed by atoms with Crippen LogP contribution in [0.4, 0.5) is 0 Å². The number of amides is 1. The summed E-state index contributed by atoms with van der Waals surface area (Å²) in [7, 11) is 1.54. The summed E-state index contributed by atoms with van der Waals surface area (Å²) in [5.41, 5.74) is 3.33. The summed E-state index contributed by atoms with van der Waals surface area (Å²) in [5, 5.41) is 9.86. The van der Waals surface area contributed by atoms with E-state index in [0.29, 0.717) is 38.6 Å². The summed E-state index contributed by atoms with van der Waals surface area (Å²) in [6.07, 6.45) is 1.67. The number of aliphatic carboxylic acids is 1. The van der Waals surface area contributed by atoms with Crippen molar-refractivity contribution in [2.24, 2.45) is 0 Å². The van der Waals surface area contributed by atoms with Gasteiger partial charge in [-0.1, -0.05) is 84.1 Å². The van der Waals surface area contributed by atoms with E-state index in [1.54, 1.807) is 49.6 Å². The van der Waals surface area contributed by atoms with Gasteiger partial charge in [-0.25, -0.2) is 4.79 Å². The number of carboxylic acids is 1. The standard InChI is InChI=1S/C27H22BrNO5S2/c1-16-7-6-8-17(11-16)15-34-24-20(28)12-18(13-21(24)33-2)14-22-25(30)29(27(35)36-22)23(26(31)32)19-9-4-3-5-10-19/h3-14,23H,15H2,1-2H3,(H,31,32)/b22-14+. The smallest absolute Gasteiger partial charge is 0.331 e. The molecule has 0 aliphatic carbocycles. The Labute approximate surface area is 227 Å². The van der Waals surface area contributed by atoms with E-state index in [-0.39, 0.29) is 4.32 Å². The topological polar surface area (TPSA) is 76.1 Å². The molecule has 4 rings (SSSR count). The molecule has 0 aromatic heterocycles. The van der Waals surface area contributed by atoms with Gasteiger partial charge in [-0.3, -0.25) is 9.69 Å². The van der Waals surface area contributed by atoms with Gasteiger partial charge in [0.25, 0.3) is 5.91 Å². The van der Waals surface area contributed by atoms with Crippen LogP contribution >= 0.6 is 39.9 Å². The number of methoxy groups -OCH3 is 1. The highest BCUT2D eigenvalue weighted by molar-refractivity contribution is 9.10. The monoisotopic (exact) mass is 583 g/mol. The van der Waals surface area contributed by atoms with Crippen LogP contribution in [0.2, 0.25) is 0 Å². The molecule has 0 radical (unpaired) electrons. The van der Waals surface area contributed by atoms with Gasteiger partial charge in [-0.05, 0) is 57.8 Å². The molecule has 6 nitrogen and oxygen atoms in total. The maximum atomic E-state index is 13.3. The number of carbonyl (C=O) groups excluding carboxylic acids is 1. The second kappa shape index (κ2) is 11.3. The Hall–Kier alpha value is -3.14. The van der Waals surface area contributed by atoms with Crippen molar-refractivity contribution in [3.63, 3.8) is 0 Å². The highest BCUT2D eigenvalue weighted by Crippen LogP contribution is 2.41. The first-order valence-electron chi connectivity index (χ1n) is 10.9. The van der Waals surface area contributed by atoms with E-state index in [0.717, 1.165) is 27.8 Å². The van der Waals surface area contributed by atoms with Crippen LogP contribution in [-0.4, -0.2) is 33.3 Å². The fourth-order valence-electron chi connectivity index (χ4n) is 3.81. The molecule has 3 aromatic rings. The molecule has 0 bridgehead atoms. The molecular formula is C27H22BrNO5S2. The molecule has 36 heavy (non-hydrogen) atoms. The van der Waals surface area contributed by atoms with Gasteiger partial charge in [-0.15, -0.1) is 0 Å². The molecular weight excluding hydrogens is 562 g/mol. The number of nitrogens with zero attached hydrogens (tertiary/aromatic N) is 1. The highest BCUT2D eigenvalue weighted by atomic mass is 79.9. The molecule has 1 heterocycles. The van der Waals surface area contributed by atoms with E-state index < -0.39 is 17.9 Å². The van der Waals surface area contributed by atoms with Crippen LogP contribution in [0.3, 0.4) is 0 Å². The number of rotatable bonds is 8. The lowest BCUT2D eigenvalue weighted by Crippen LogP contribution is -2.37. The van der Waals surface area contributed by atoms with Gasteiger partial charge in [0.1, 0.15) is 10.9 Å². The second-order valence-electron chi connectivity index (χ2n) is 8.02. The number of halogens is 1. The molecule has 3 aromatic carbocycles. The van der Waals surface area contributed by atoms with Crippen molar-refractivity contribution in [3.8, 4) is 11.5 Å². The van der Waals surface area contributed by atoms with Crippen molar-refractivity contribution in [1.82, 2.24) is 4.90 Å². The third-order valence-corrected chi connectivity index (χ3v) is 7.37. The molecule has 1 saturated heterocycles. The van der Waals surface area contributed by atoms with Crippen LogP contribution in [0.25, 0.3) is 6.08 Å². The van der Waals surface area contributed by atoms with E-state index in [4.69, 9.17) is 21.7 Å². The fourth-order valence-corrected chi connectivity index (χ4v) is 5.70. The highest BCUT2D eigenvalue weighted by Gasteiger charge is 2.41. The van der Waals surface area contributed by atoms with Gasteiger partial charge in [0.15, 0.2) is 17.5 Å². The number of benzene rings is 3. The van der Waals surface area contributed by atoms with Gasteiger partial charge in [0.05, 0.1) is 16.5 Å².